The minimum Gasteiger partial charge on any atom is -0.456 e. The molecule has 1 aliphatic heterocycles. The fourth-order valence-corrected chi connectivity index (χ4v) is 4.32. The quantitative estimate of drug-likeness (QED) is 0.526. The second kappa shape index (κ2) is 9.41. The molecule has 1 N–H and O–H groups in total. The largest absolute Gasteiger partial charge is 0.456 e. The summed E-state index contributed by atoms with van der Waals surface area (Å²) in [6.07, 6.45) is -2.16. The molecule has 9 heteroatoms. The highest BCUT2D eigenvalue weighted by molar-refractivity contribution is 9.08. The number of aliphatic hydroxyl groups excluding tert-OH is 1. The molecule has 144 valence electrons. The number of esters is 2. The van der Waals surface area contributed by atoms with Gasteiger partial charge in [-0.1, -0.05) is 39.7 Å². The fourth-order valence-electron chi connectivity index (χ4n) is 2.80. The molecule has 6 nitrogen and oxygen atoms in total. The summed E-state index contributed by atoms with van der Waals surface area (Å²) >= 11 is 10.8. The van der Waals surface area contributed by atoms with Gasteiger partial charge in [-0.05, 0) is 23.4 Å². The van der Waals surface area contributed by atoms with Gasteiger partial charge in [0.05, 0.1) is 0 Å². The van der Waals surface area contributed by atoms with Crippen LogP contribution >= 0.6 is 39.3 Å². The average Bonchev–Trinajstić information content (AvgIpc) is 2.58. The van der Waals surface area contributed by atoms with E-state index in [0.29, 0.717) is 15.9 Å². The zero-order chi connectivity index (χ0) is 19.4. The van der Waals surface area contributed by atoms with Gasteiger partial charge >= 0.3 is 11.9 Å². The Hall–Kier alpha value is -0.800. The molecule has 0 unspecified atom stereocenters. The summed E-state index contributed by atoms with van der Waals surface area (Å²) in [4.78, 5) is 23.0. The monoisotopic (exact) mass is 466 g/mol. The summed E-state index contributed by atoms with van der Waals surface area (Å²) in [6.45, 7) is 2.50. The number of hydrogen-bond acceptors (Lipinski definition) is 7. The van der Waals surface area contributed by atoms with E-state index in [1.54, 1.807) is 18.4 Å². The van der Waals surface area contributed by atoms with Crippen LogP contribution < -0.4 is 0 Å². The molecule has 2 rings (SSSR count). The maximum atomic E-state index is 11.6. The van der Waals surface area contributed by atoms with E-state index in [9.17, 15) is 14.7 Å². The van der Waals surface area contributed by atoms with Gasteiger partial charge in [-0.2, -0.15) is 0 Å². The summed E-state index contributed by atoms with van der Waals surface area (Å²) in [5.74, 6) is -1.12. The van der Waals surface area contributed by atoms with Crippen LogP contribution in [0.5, 0.6) is 0 Å². The lowest BCUT2D eigenvalue weighted by Gasteiger charge is -2.43. The summed E-state index contributed by atoms with van der Waals surface area (Å²) in [6, 6.07) is 5.31. The lowest BCUT2D eigenvalue weighted by Crippen LogP contribution is -2.55. The molecular weight excluding hydrogens is 448 g/mol. The number of rotatable bonds is 5. The normalized spacial score (nSPS) is 28.5. The van der Waals surface area contributed by atoms with Gasteiger partial charge in [-0.15, -0.1) is 11.8 Å². The Morgan fingerprint density at radius 3 is 2.42 bits per heavy atom. The first-order chi connectivity index (χ1) is 12.3. The molecule has 5 atom stereocenters. The van der Waals surface area contributed by atoms with Crippen molar-refractivity contribution in [2.45, 2.75) is 49.0 Å². The molecule has 1 saturated heterocycles. The van der Waals surface area contributed by atoms with Gasteiger partial charge in [0.25, 0.3) is 0 Å². The highest BCUT2D eigenvalue weighted by atomic mass is 79.9. The number of hydrogen-bond donors (Lipinski definition) is 1. The number of halogens is 2. The van der Waals surface area contributed by atoms with Crippen LogP contribution in [-0.4, -0.2) is 47.0 Å². The first-order valence-electron chi connectivity index (χ1n) is 7.83. The number of thioether (sulfide) groups is 1. The third-order valence-corrected chi connectivity index (χ3v) is 5.72. The predicted octanol–water partition coefficient (Wildman–Crippen LogP) is 3.22. The zero-order valence-electron chi connectivity index (χ0n) is 14.5. The smallest absolute Gasteiger partial charge is 0.303 e. The Balaban J connectivity index is 2.42. The minimum absolute atomic E-state index is 0.537. The number of carbonyl (C=O) groups is 2. The summed E-state index contributed by atoms with van der Waals surface area (Å²) in [5.41, 5.74) is 0.926. The molecule has 0 amide bonds. The van der Waals surface area contributed by atoms with Crippen LogP contribution in [0.2, 0.25) is 5.02 Å². The minimum atomic E-state index is -1.23. The van der Waals surface area contributed by atoms with Gasteiger partial charge in [-0.25, -0.2) is 0 Å². The molecule has 0 bridgehead atoms. The van der Waals surface area contributed by atoms with Crippen molar-refractivity contribution >= 4 is 51.2 Å². The van der Waals surface area contributed by atoms with Crippen LogP contribution in [0.25, 0.3) is 0 Å². The Kier molecular flexibility index (Phi) is 7.78. The molecule has 1 aromatic carbocycles. The molecule has 0 saturated carbocycles. The van der Waals surface area contributed by atoms with E-state index in [-0.39, 0.29) is 0 Å². The number of aliphatic hydroxyl groups is 1. The lowest BCUT2D eigenvalue weighted by atomic mass is 9.93. The molecule has 0 aliphatic carbocycles. The van der Waals surface area contributed by atoms with Crippen molar-refractivity contribution in [1.29, 1.82) is 0 Å². The van der Waals surface area contributed by atoms with Crippen LogP contribution in [0.3, 0.4) is 0 Å². The second-order valence-corrected chi connectivity index (χ2v) is 7.69. The van der Waals surface area contributed by atoms with Crippen molar-refractivity contribution in [2.75, 3.05) is 6.26 Å². The van der Waals surface area contributed by atoms with E-state index in [0.717, 1.165) is 5.56 Å². The fraction of sp³-hybridized carbons (Fsp3) is 0.529. The van der Waals surface area contributed by atoms with E-state index in [1.165, 1.54) is 25.6 Å². The highest BCUT2D eigenvalue weighted by Gasteiger charge is 2.49. The van der Waals surface area contributed by atoms with Crippen LogP contribution in [-0.2, 0) is 29.1 Å². The zero-order valence-corrected chi connectivity index (χ0v) is 17.6. The van der Waals surface area contributed by atoms with Gasteiger partial charge in [-0.3, -0.25) is 9.59 Å². The summed E-state index contributed by atoms with van der Waals surface area (Å²) < 4.78 is 16.6. The van der Waals surface area contributed by atoms with Crippen LogP contribution in [0.15, 0.2) is 18.2 Å². The van der Waals surface area contributed by atoms with Crippen LogP contribution in [0.4, 0.5) is 0 Å². The van der Waals surface area contributed by atoms with Crippen molar-refractivity contribution < 1.29 is 28.9 Å². The van der Waals surface area contributed by atoms with E-state index < -0.39 is 41.8 Å². The maximum Gasteiger partial charge on any atom is 0.303 e. The van der Waals surface area contributed by atoms with Crippen LogP contribution in [0, 0.1) is 0 Å². The molecule has 0 spiro atoms. The third-order valence-electron chi connectivity index (χ3n) is 3.90. The average molecular weight is 468 g/mol. The van der Waals surface area contributed by atoms with Crippen molar-refractivity contribution in [1.82, 2.24) is 0 Å². The topological polar surface area (TPSA) is 82.1 Å². The second-order valence-electron chi connectivity index (χ2n) is 5.78. The van der Waals surface area contributed by atoms with Crippen molar-refractivity contribution in [3.8, 4) is 0 Å². The Labute approximate surface area is 169 Å². The third kappa shape index (κ3) is 4.92. The lowest BCUT2D eigenvalue weighted by molar-refractivity contribution is -0.224. The van der Waals surface area contributed by atoms with E-state index >= 15 is 0 Å². The molecule has 1 heterocycles. The predicted molar refractivity (Wildman–Crippen MR) is 102 cm³/mol. The first-order valence-corrected chi connectivity index (χ1v) is 10.6. The number of carbonyl (C=O) groups excluding carboxylic acids is 2. The standard InChI is InChI=1S/C17H20BrClO6S/c1-8(20)23-15-13(22)16(24-9(2)21)17(26-3)25-14(15)10-4-5-12(19)11(6-10)7-18/h4-6,13-17,22H,7H2,1-3H3/t13-,14+,15-,16+,17-/m1/s1. The SMILES string of the molecule is CS[C@H]1O[C@@H](c2ccc(Cl)c(CBr)c2)[C@H](OC(C)=O)[C@@H](O)[C@@H]1OC(C)=O. The van der Waals surface area contributed by atoms with E-state index in [4.69, 9.17) is 25.8 Å². The molecule has 26 heavy (non-hydrogen) atoms. The number of benzene rings is 1. The Bertz CT molecular complexity index is 673. The summed E-state index contributed by atoms with van der Waals surface area (Å²) in [7, 11) is 0. The number of alkyl halides is 1. The van der Waals surface area contributed by atoms with Gasteiger partial charge in [0.1, 0.15) is 17.6 Å². The molecule has 1 fully saturated rings. The van der Waals surface area contributed by atoms with Crippen molar-refractivity contribution in [3.05, 3.63) is 34.3 Å². The molecule has 0 aromatic heterocycles. The van der Waals surface area contributed by atoms with E-state index in [2.05, 4.69) is 15.9 Å². The first kappa shape index (κ1) is 21.5. The molecule has 0 radical (unpaired) electrons. The highest BCUT2D eigenvalue weighted by Crippen LogP contribution is 2.39. The van der Waals surface area contributed by atoms with Crippen molar-refractivity contribution in [2.24, 2.45) is 0 Å². The van der Waals surface area contributed by atoms with Crippen LogP contribution in [0.1, 0.15) is 31.1 Å². The summed E-state index contributed by atoms with van der Waals surface area (Å²) in [5, 5.41) is 11.9. The van der Waals surface area contributed by atoms with Gasteiger partial charge in [0.15, 0.2) is 12.2 Å². The maximum absolute atomic E-state index is 11.6. The number of ether oxygens (including phenoxy) is 3. The van der Waals surface area contributed by atoms with Crippen molar-refractivity contribution in [3.63, 3.8) is 0 Å². The molecule has 1 aliphatic rings. The molecule has 1 aromatic rings. The van der Waals surface area contributed by atoms with Gasteiger partial charge in [0.2, 0.25) is 0 Å². The van der Waals surface area contributed by atoms with Gasteiger partial charge < -0.3 is 19.3 Å². The molecular formula is C17H20BrClO6S. The van der Waals surface area contributed by atoms with E-state index in [1.807, 2.05) is 6.07 Å². The van der Waals surface area contributed by atoms with Gasteiger partial charge in [0, 0.05) is 24.2 Å². The Morgan fingerprint density at radius 2 is 1.88 bits per heavy atom. The Morgan fingerprint density at radius 1 is 1.27 bits per heavy atom.